The summed E-state index contributed by atoms with van der Waals surface area (Å²) in [5.41, 5.74) is 0. The number of aliphatic hydroxyl groups is 3. The third kappa shape index (κ3) is 12.7. The molecule has 0 aliphatic heterocycles. The molecule has 0 spiro atoms. The Hall–Kier alpha value is 0.190. The summed E-state index contributed by atoms with van der Waals surface area (Å²) in [6.07, 6.45) is 3.67. The van der Waals surface area contributed by atoms with Gasteiger partial charge in [0.2, 0.25) is 0 Å². The van der Waals surface area contributed by atoms with E-state index in [9.17, 15) is 15.3 Å². The van der Waals surface area contributed by atoms with Crippen LogP contribution in [0, 0.1) is 0 Å². The first-order chi connectivity index (χ1) is 10.5. The van der Waals surface area contributed by atoms with Gasteiger partial charge in [0.05, 0.1) is 0 Å². The highest BCUT2D eigenvalue weighted by Crippen LogP contribution is 2.44. The van der Waals surface area contributed by atoms with E-state index in [2.05, 4.69) is 0 Å². The van der Waals surface area contributed by atoms with Crippen molar-refractivity contribution in [2.45, 2.75) is 97.4 Å². The smallest absolute Gasteiger partial charge is 0.339 e. The van der Waals surface area contributed by atoms with E-state index in [4.69, 9.17) is 13.6 Å². The van der Waals surface area contributed by atoms with Crippen molar-refractivity contribution < 1.29 is 28.9 Å². The molecular weight excluding hydrogens is 307 g/mol. The van der Waals surface area contributed by atoms with Crippen molar-refractivity contribution >= 4 is 8.60 Å². The molecule has 0 aromatic rings. The third-order valence-electron chi connectivity index (χ3n) is 3.04. The van der Waals surface area contributed by atoms with Crippen LogP contribution < -0.4 is 0 Å². The highest BCUT2D eigenvalue weighted by Gasteiger charge is 2.24. The lowest BCUT2D eigenvalue weighted by atomic mass is 10.2. The lowest BCUT2D eigenvalue weighted by Crippen LogP contribution is -2.18. The lowest BCUT2D eigenvalue weighted by Gasteiger charge is -2.24. The maximum absolute atomic E-state index is 9.80. The molecule has 3 unspecified atom stereocenters. The van der Waals surface area contributed by atoms with Crippen molar-refractivity contribution in [3.63, 3.8) is 0 Å². The van der Waals surface area contributed by atoms with Crippen LogP contribution in [0.2, 0.25) is 0 Å². The van der Waals surface area contributed by atoms with Gasteiger partial charge in [0.25, 0.3) is 0 Å². The molecule has 0 amide bonds. The molecule has 7 heteroatoms. The molecule has 134 valence electrons. The van der Waals surface area contributed by atoms with E-state index in [1.54, 1.807) is 0 Å². The monoisotopic (exact) mass is 340 g/mol. The minimum atomic E-state index is -1.98. The van der Waals surface area contributed by atoms with Gasteiger partial charge in [-0.1, -0.05) is 40.0 Å². The molecule has 0 aromatic heterocycles. The van der Waals surface area contributed by atoms with Gasteiger partial charge in [-0.15, -0.1) is 0 Å². The average Bonchev–Trinajstić information content (AvgIpc) is 2.48. The Kier molecular flexibility index (Phi) is 14.9. The molecule has 0 bridgehead atoms. The molecule has 6 nitrogen and oxygen atoms in total. The van der Waals surface area contributed by atoms with Crippen molar-refractivity contribution in [3.05, 3.63) is 0 Å². The highest BCUT2D eigenvalue weighted by atomic mass is 31.2. The van der Waals surface area contributed by atoms with Crippen LogP contribution >= 0.6 is 8.60 Å². The van der Waals surface area contributed by atoms with Crippen LogP contribution in [-0.4, -0.2) is 34.2 Å². The number of aliphatic hydroxyl groups excluding tert-OH is 3. The second kappa shape index (κ2) is 14.8. The van der Waals surface area contributed by atoms with Gasteiger partial charge >= 0.3 is 8.60 Å². The summed E-state index contributed by atoms with van der Waals surface area (Å²) in [5.74, 6) is 0. The molecule has 0 heterocycles. The summed E-state index contributed by atoms with van der Waals surface area (Å²) in [5, 5.41) is 29.4. The van der Waals surface area contributed by atoms with Crippen molar-refractivity contribution in [1.29, 1.82) is 0 Å². The second-order valence-electron chi connectivity index (χ2n) is 5.33. The van der Waals surface area contributed by atoms with E-state index < -0.39 is 27.5 Å². The summed E-state index contributed by atoms with van der Waals surface area (Å²) in [7, 11) is -1.98. The average molecular weight is 340 g/mol. The van der Waals surface area contributed by atoms with Crippen molar-refractivity contribution in [2.24, 2.45) is 0 Å². The third-order valence-corrected chi connectivity index (χ3v) is 4.28. The van der Waals surface area contributed by atoms with E-state index in [-0.39, 0.29) is 0 Å². The Labute approximate surface area is 135 Å². The highest BCUT2D eigenvalue weighted by molar-refractivity contribution is 7.41. The zero-order chi connectivity index (χ0) is 16.8. The minimum absolute atomic E-state index is 0.470. The number of hydrogen-bond donors (Lipinski definition) is 3. The van der Waals surface area contributed by atoms with E-state index in [0.717, 1.165) is 38.5 Å². The Morgan fingerprint density at radius 2 is 0.909 bits per heavy atom. The SMILES string of the molecule is CCCCC(O)OP(OC(O)CCCC)OC(O)CCCC. The molecular formula is C15H33O6P. The fourth-order valence-corrected chi connectivity index (χ4v) is 2.73. The zero-order valence-corrected chi connectivity index (χ0v) is 15.0. The quantitative estimate of drug-likeness (QED) is 0.310. The largest absolute Gasteiger partial charge is 0.368 e. The Morgan fingerprint density at radius 3 is 1.14 bits per heavy atom. The van der Waals surface area contributed by atoms with Gasteiger partial charge in [0.1, 0.15) is 0 Å². The second-order valence-corrected chi connectivity index (χ2v) is 6.41. The van der Waals surface area contributed by atoms with Gasteiger partial charge in [-0.2, -0.15) is 0 Å². The fourth-order valence-electron chi connectivity index (χ4n) is 1.67. The van der Waals surface area contributed by atoms with Gasteiger partial charge < -0.3 is 15.3 Å². The molecule has 0 radical (unpaired) electrons. The fraction of sp³-hybridized carbons (Fsp3) is 1.00. The maximum atomic E-state index is 9.80. The summed E-state index contributed by atoms with van der Waals surface area (Å²) in [4.78, 5) is 0. The molecule has 0 saturated heterocycles. The molecule has 0 fully saturated rings. The first kappa shape index (κ1) is 22.2. The first-order valence-corrected chi connectivity index (χ1v) is 9.47. The van der Waals surface area contributed by atoms with Gasteiger partial charge in [-0.05, 0) is 38.5 Å². The van der Waals surface area contributed by atoms with Crippen LogP contribution in [0.4, 0.5) is 0 Å². The number of rotatable bonds is 15. The van der Waals surface area contributed by atoms with Crippen LogP contribution in [-0.2, 0) is 13.6 Å². The standard InChI is InChI=1S/C15H33O6P/c1-4-7-10-13(16)19-22(20-14(17)11-8-5-2)21-15(18)12-9-6-3/h13-18H,4-12H2,1-3H3. The van der Waals surface area contributed by atoms with Crippen molar-refractivity contribution in [3.8, 4) is 0 Å². The van der Waals surface area contributed by atoms with E-state index >= 15 is 0 Å². The summed E-state index contributed by atoms with van der Waals surface area (Å²) in [6, 6.07) is 0. The van der Waals surface area contributed by atoms with Crippen molar-refractivity contribution in [1.82, 2.24) is 0 Å². The zero-order valence-electron chi connectivity index (χ0n) is 14.1. The van der Waals surface area contributed by atoms with Crippen LogP contribution in [0.25, 0.3) is 0 Å². The summed E-state index contributed by atoms with van der Waals surface area (Å²) >= 11 is 0. The topological polar surface area (TPSA) is 88.4 Å². The Balaban J connectivity index is 4.34. The first-order valence-electron chi connectivity index (χ1n) is 8.38. The Morgan fingerprint density at radius 1 is 0.636 bits per heavy atom. The Bertz CT molecular complexity index is 206. The van der Waals surface area contributed by atoms with Crippen LogP contribution in [0.3, 0.4) is 0 Å². The van der Waals surface area contributed by atoms with Gasteiger partial charge in [-0.25, -0.2) is 0 Å². The summed E-state index contributed by atoms with van der Waals surface area (Å²) < 4.78 is 15.9. The van der Waals surface area contributed by atoms with E-state index in [1.807, 2.05) is 20.8 Å². The molecule has 3 atom stereocenters. The number of unbranched alkanes of at least 4 members (excludes halogenated alkanes) is 3. The van der Waals surface area contributed by atoms with Gasteiger partial charge in [0.15, 0.2) is 18.9 Å². The van der Waals surface area contributed by atoms with Crippen LogP contribution in [0.15, 0.2) is 0 Å². The van der Waals surface area contributed by atoms with Crippen molar-refractivity contribution in [2.75, 3.05) is 0 Å². The maximum Gasteiger partial charge on any atom is 0.339 e. The summed E-state index contributed by atoms with van der Waals surface area (Å²) in [6.45, 7) is 6.06. The predicted octanol–water partition coefficient (Wildman–Crippen LogP) is 3.79. The van der Waals surface area contributed by atoms with Crippen LogP contribution in [0.5, 0.6) is 0 Å². The molecule has 0 aromatic carbocycles. The molecule has 0 rings (SSSR count). The molecule has 0 aliphatic rings. The molecule has 0 aliphatic carbocycles. The van der Waals surface area contributed by atoms with Crippen LogP contribution in [0.1, 0.15) is 78.6 Å². The minimum Gasteiger partial charge on any atom is -0.368 e. The predicted molar refractivity (Wildman–Crippen MR) is 86.8 cm³/mol. The number of hydrogen-bond acceptors (Lipinski definition) is 6. The van der Waals surface area contributed by atoms with Gasteiger partial charge in [-0.3, -0.25) is 13.6 Å². The van der Waals surface area contributed by atoms with E-state index in [1.165, 1.54) is 0 Å². The normalized spacial score (nSPS) is 17.2. The molecule has 0 saturated carbocycles. The molecule has 3 N–H and O–H groups in total. The lowest BCUT2D eigenvalue weighted by molar-refractivity contribution is -0.107. The molecule has 22 heavy (non-hydrogen) atoms. The van der Waals surface area contributed by atoms with Gasteiger partial charge in [0, 0.05) is 0 Å². The van der Waals surface area contributed by atoms with E-state index in [0.29, 0.717) is 19.3 Å².